The lowest BCUT2D eigenvalue weighted by Crippen LogP contribution is -2.27. The van der Waals surface area contributed by atoms with Crippen molar-refractivity contribution in [3.8, 4) is 0 Å². The van der Waals surface area contributed by atoms with E-state index in [-0.39, 0.29) is 11.8 Å². The van der Waals surface area contributed by atoms with Gasteiger partial charge in [0, 0.05) is 37.9 Å². The van der Waals surface area contributed by atoms with Crippen LogP contribution in [0.5, 0.6) is 0 Å². The number of nitrogens with one attached hydrogen (secondary N) is 2. The van der Waals surface area contributed by atoms with E-state index in [4.69, 9.17) is 4.74 Å². The van der Waals surface area contributed by atoms with Gasteiger partial charge in [0.15, 0.2) is 0 Å². The maximum absolute atomic E-state index is 12.0. The van der Waals surface area contributed by atoms with Crippen LogP contribution in [0.2, 0.25) is 0 Å². The molecule has 0 aliphatic carbocycles. The third-order valence-corrected chi connectivity index (χ3v) is 3.29. The van der Waals surface area contributed by atoms with Crippen molar-refractivity contribution in [1.29, 1.82) is 0 Å². The van der Waals surface area contributed by atoms with E-state index in [0.29, 0.717) is 30.8 Å². The number of amides is 2. The zero-order chi connectivity index (χ0) is 17.1. The van der Waals surface area contributed by atoms with Gasteiger partial charge in [-0.15, -0.1) is 0 Å². The summed E-state index contributed by atoms with van der Waals surface area (Å²) in [5.74, 6) is -0.255. The van der Waals surface area contributed by atoms with Gasteiger partial charge in [-0.25, -0.2) is 0 Å². The van der Waals surface area contributed by atoms with Crippen LogP contribution >= 0.6 is 0 Å². The van der Waals surface area contributed by atoms with Gasteiger partial charge in [0.05, 0.1) is 0 Å². The predicted molar refractivity (Wildman–Crippen MR) is 90.8 cm³/mol. The van der Waals surface area contributed by atoms with Gasteiger partial charge in [0.25, 0.3) is 11.8 Å². The van der Waals surface area contributed by atoms with Crippen LogP contribution in [0.25, 0.3) is 0 Å². The lowest BCUT2D eigenvalue weighted by Gasteiger charge is -2.10. The maximum atomic E-state index is 12.0. The molecule has 0 radical (unpaired) electrons. The number of nitrogens with zero attached hydrogens (tertiary/aromatic N) is 1. The van der Waals surface area contributed by atoms with E-state index in [2.05, 4.69) is 15.5 Å². The van der Waals surface area contributed by atoms with Crippen LogP contribution in [0.4, 0.5) is 0 Å². The van der Waals surface area contributed by atoms with Gasteiger partial charge in [-0.1, -0.05) is 0 Å². The third-order valence-electron chi connectivity index (χ3n) is 3.29. The molecule has 0 aromatic heterocycles. The van der Waals surface area contributed by atoms with E-state index in [9.17, 15) is 9.59 Å². The fraction of sp³-hybridized carbons (Fsp3) is 0.529. The average molecular weight is 321 g/mol. The molecule has 6 nitrogen and oxygen atoms in total. The summed E-state index contributed by atoms with van der Waals surface area (Å²) in [6.45, 7) is 2.76. The highest BCUT2D eigenvalue weighted by molar-refractivity contribution is 5.97. The Morgan fingerprint density at radius 3 is 1.87 bits per heavy atom. The first-order chi connectivity index (χ1) is 11.0. The molecule has 6 heteroatoms. The summed E-state index contributed by atoms with van der Waals surface area (Å²) in [6.07, 6.45) is 1.68. The van der Waals surface area contributed by atoms with Crippen molar-refractivity contribution in [3.63, 3.8) is 0 Å². The topological polar surface area (TPSA) is 70.7 Å². The number of rotatable bonds is 10. The monoisotopic (exact) mass is 321 g/mol. The SMILES string of the molecule is COCCCNC(=O)c1ccc(C(=O)NCCCN(C)C)cc1. The average Bonchev–Trinajstić information content (AvgIpc) is 2.55. The molecular weight excluding hydrogens is 294 g/mol. The molecule has 128 valence electrons. The van der Waals surface area contributed by atoms with Crippen LogP contribution in [-0.2, 0) is 4.74 Å². The molecular formula is C17H27N3O3. The largest absolute Gasteiger partial charge is 0.385 e. The molecule has 23 heavy (non-hydrogen) atoms. The summed E-state index contributed by atoms with van der Waals surface area (Å²) in [6, 6.07) is 6.68. The standard InChI is InChI=1S/C17H27N3O3/c1-20(2)12-4-10-18-16(21)14-6-8-15(9-7-14)17(22)19-11-5-13-23-3/h6-9H,4-5,10-13H2,1-3H3,(H,18,21)(H,19,22). The fourth-order valence-electron chi connectivity index (χ4n) is 1.99. The highest BCUT2D eigenvalue weighted by atomic mass is 16.5. The number of benzene rings is 1. The number of ether oxygens (including phenoxy) is 1. The Labute approximate surface area is 138 Å². The zero-order valence-corrected chi connectivity index (χ0v) is 14.2. The molecule has 2 N–H and O–H groups in total. The van der Waals surface area contributed by atoms with E-state index in [1.54, 1.807) is 31.4 Å². The van der Waals surface area contributed by atoms with Crippen molar-refractivity contribution >= 4 is 11.8 Å². The molecule has 1 aromatic rings. The van der Waals surface area contributed by atoms with Gasteiger partial charge in [0.2, 0.25) is 0 Å². The summed E-state index contributed by atoms with van der Waals surface area (Å²) in [4.78, 5) is 26.0. The normalized spacial score (nSPS) is 10.6. The molecule has 0 spiro atoms. The number of hydrogen-bond acceptors (Lipinski definition) is 4. The van der Waals surface area contributed by atoms with Crippen molar-refractivity contribution in [1.82, 2.24) is 15.5 Å². The Kier molecular flexibility index (Phi) is 8.94. The smallest absolute Gasteiger partial charge is 0.251 e. The van der Waals surface area contributed by atoms with Crippen LogP contribution in [0.1, 0.15) is 33.6 Å². The molecule has 0 fully saturated rings. The zero-order valence-electron chi connectivity index (χ0n) is 14.2. The van der Waals surface area contributed by atoms with Gasteiger partial charge in [-0.2, -0.15) is 0 Å². The Balaban J connectivity index is 2.39. The fourth-order valence-corrected chi connectivity index (χ4v) is 1.99. The second-order valence-corrected chi connectivity index (χ2v) is 5.59. The number of methoxy groups -OCH3 is 1. The summed E-state index contributed by atoms with van der Waals surface area (Å²) < 4.78 is 4.93. The van der Waals surface area contributed by atoms with E-state index >= 15 is 0 Å². The molecule has 0 saturated carbocycles. The highest BCUT2D eigenvalue weighted by Crippen LogP contribution is 2.04. The van der Waals surface area contributed by atoms with Gasteiger partial charge in [-0.3, -0.25) is 9.59 Å². The summed E-state index contributed by atoms with van der Waals surface area (Å²) >= 11 is 0. The Hall–Kier alpha value is -1.92. The number of carbonyl (C=O) groups is 2. The van der Waals surface area contributed by atoms with Crippen molar-refractivity contribution in [2.24, 2.45) is 0 Å². The molecule has 1 rings (SSSR count). The van der Waals surface area contributed by atoms with Gasteiger partial charge in [0.1, 0.15) is 0 Å². The van der Waals surface area contributed by atoms with Crippen molar-refractivity contribution in [2.75, 3.05) is 47.4 Å². The molecule has 0 heterocycles. The summed E-state index contributed by atoms with van der Waals surface area (Å²) in [7, 11) is 5.63. The van der Waals surface area contributed by atoms with E-state index in [1.807, 2.05) is 14.1 Å². The van der Waals surface area contributed by atoms with Crippen LogP contribution in [0.15, 0.2) is 24.3 Å². The van der Waals surface area contributed by atoms with Gasteiger partial charge < -0.3 is 20.3 Å². The third kappa shape index (κ3) is 7.76. The highest BCUT2D eigenvalue weighted by Gasteiger charge is 2.08. The minimum Gasteiger partial charge on any atom is -0.385 e. The first-order valence-electron chi connectivity index (χ1n) is 7.84. The first-order valence-corrected chi connectivity index (χ1v) is 7.84. The van der Waals surface area contributed by atoms with E-state index < -0.39 is 0 Å². The number of hydrogen-bond donors (Lipinski definition) is 2. The molecule has 0 aliphatic heterocycles. The van der Waals surface area contributed by atoms with Crippen LogP contribution in [-0.4, -0.2) is 64.2 Å². The van der Waals surface area contributed by atoms with E-state index in [1.165, 1.54) is 0 Å². The van der Waals surface area contributed by atoms with Crippen molar-refractivity contribution < 1.29 is 14.3 Å². The van der Waals surface area contributed by atoms with Crippen LogP contribution in [0.3, 0.4) is 0 Å². The predicted octanol–water partition coefficient (Wildman–Crippen LogP) is 1.13. The molecule has 1 aromatic carbocycles. The number of carbonyl (C=O) groups excluding carboxylic acids is 2. The van der Waals surface area contributed by atoms with E-state index in [0.717, 1.165) is 19.4 Å². The lowest BCUT2D eigenvalue weighted by molar-refractivity contribution is 0.0938. The van der Waals surface area contributed by atoms with Crippen molar-refractivity contribution in [3.05, 3.63) is 35.4 Å². The second-order valence-electron chi connectivity index (χ2n) is 5.59. The van der Waals surface area contributed by atoms with Gasteiger partial charge >= 0.3 is 0 Å². The second kappa shape index (κ2) is 10.7. The molecule has 0 unspecified atom stereocenters. The molecule has 0 aliphatic rings. The minimum atomic E-state index is -0.140. The molecule has 0 bridgehead atoms. The quantitative estimate of drug-likeness (QED) is 0.634. The maximum Gasteiger partial charge on any atom is 0.251 e. The van der Waals surface area contributed by atoms with Crippen molar-refractivity contribution in [2.45, 2.75) is 12.8 Å². The minimum absolute atomic E-state index is 0.115. The first kappa shape index (κ1) is 19.1. The molecule has 0 saturated heterocycles. The molecule has 2 amide bonds. The lowest BCUT2D eigenvalue weighted by atomic mass is 10.1. The molecule has 0 atom stereocenters. The summed E-state index contributed by atoms with van der Waals surface area (Å²) in [5.41, 5.74) is 1.11. The van der Waals surface area contributed by atoms with Crippen LogP contribution < -0.4 is 10.6 Å². The van der Waals surface area contributed by atoms with Crippen LogP contribution in [0, 0.1) is 0 Å². The Morgan fingerprint density at radius 2 is 1.43 bits per heavy atom. The van der Waals surface area contributed by atoms with Gasteiger partial charge in [-0.05, 0) is 57.7 Å². The Bertz CT molecular complexity index is 486. The summed E-state index contributed by atoms with van der Waals surface area (Å²) in [5, 5.41) is 5.68. The Morgan fingerprint density at radius 1 is 0.957 bits per heavy atom.